The predicted octanol–water partition coefficient (Wildman–Crippen LogP) is 9.85. The Hall–Kier alpha value is -5.58. The standard InChI is InChI=1S/C38H32N4/c1-38(2,3)37-26-30(31(27-39)28-40)25-36(42(37)34-17-11-6-12-18-34)24-21-29-19-22-35(23-20-29)41(32-13-7-4-8-14-32)33-15-9-5-10-16-33/h4-26H,1-3H3/b24-21+. The summed E-state index contributed by atoms with van der Waals surface area (Å²) in [6, 6.07) is 43.4. The van der Waals surface area contributed by atoms with Gasteiger partial charge >= 0.3 is 0 Å². The van der Waals surface area contributed by atoms with Gasteiger partial charge in [-0.05, 0) is 72.3 Å². The lowest BCUT2D eigenvalue weighted by Crippen LogP contribution is -2.31. The lowest BCUT2D eigenvalue weighted by Gasteiger charge is -2.38. The van der Waals surface area contributed by atoms with E-state index in [-0.39, 0.29) is 11.0 Å². The highest BCUT2D eigenvalue weighted by atomic mass is 15.2. The molecule has 204 valence electrons. The fourth-order valence-corrected chi connectivity index (χ4v) is 4.97. The molecule has 0 saturated carbocycles. The first-order chi connectivity index (χ1) is 20.4. The fourth-order valence-electron chi connectivity index (χ4n) is 4.97. The summed E-state index contributed by atoms with van der Waals surface area (Å²) in [6.45, 7) is 6.42. The van der Waals surface area contributed by atoms with Gasteiger partial charge in [0.1, 0.15) is 17.7 Å². The van der Waals surface area contributed by atoms with Crippen LogP contribution in [0.2, 0.25) is 0 Å². The van der Waals surface area contributed by atoms with Crippen LogP contribution < -0.4 is 9.80 Å². The van der Waals surface area contributed by atoms with Crippen molar-refractivity contribution in [2.75, 3.05) is 9.80 Å². The first kappa shape index (κ1) is 28.0. The highest BCUT2D eigenvalue weighted by Crippen LogP contribution is 2.40. The maximum Gasteiger partial charge on any atom is 0.137 e. The van der Waals surface area contributed by atoms with E-state index < -0.39 is 0 Å². The van der Waals surface area contributed by atoms with Gasteiger partial charge in [-0.25, -0.2) is 0 Å². The molecule has 4 aromatic carbocycles. The summed E-state index contributed by atoms with van der Waals surface area (Å²) in [5.74, 6) is 0. The van der Waals surface area contributed by atoms with E-state index in [1.165, 1.54) is 0 Å². The Bertz CT molecular complexity index is 1690. The van der Waals surface area contributed by atoms with Gasteiger partial charge < -0.3 is 9.80 Å². The lowest BCUT2D eigenvalue weighted by molar-refractivity contribution is 0.490. The van der Waals surface area contributed by atoms with Crippen LogP contribution in [0, 0.1) is 28.1 Å². The number of hydrogen-bond acceptors (Lipinski definition) is 4. The average molecular weight is 545 g/mol. The van der Waals surface area contributed by atoms with E-state index in [4.69, 9.17) is 0 Å². The molecule has 0 fully saturated rings. The van der Waals surface area contributed by atoms with Crippen molar-refractivity contribution in [1.29, 1.82) is 10.5 Å². The summed E-state index contributed by atoms with van der Waals surface area (Å²) >= 11 is 0. The Kier molecular flexibility index (Phi) is 8.19. The smallest absolute Gasteiger partial charge is 0.137 e. The molecule has 1 aliphatic rings. The molecule has 0 atom stereocenters. The fraction of sp³-hybridized carbons (Fsp3) is 0.105. The van der Waals surface area contributed by atoms with E-state index in [0.29, 0.717) is 5.57 Å². The predicted molar refractivity (Wildman–Crippen MR) is 173 cm³/mol. The quantitative estimate of drug-likeness (QED) is 0.227. The molecule has 4 nitrogen and oxygen atoms in total. The Morgan fingerprint density at radius 1 is 0.643 bits per heavy atom. The normalized spacial score (nSPS) is 13.2. The number of benzene rings is 4. The van der Waals surface area contributed by atoms with Crippen LogP contribution in [-0.2, 0) is 0 Å². The van der Waals surface area contributed by atoms with Gasteiger partial charge in [-0.15, -0.1) is 0 Å². The summed E-state index contributed by atoms with van der Waals surface area (Å²) in [5, 5.41) is 19.3. The minimum Gasteiger partial charge on any atom is -0.314 e. The second kappa shape index (κ2) is 12.3. The van der Waals surface area contributed by atoms with Gasteiger partial charge in [0.25, 0.3) is 0 Å². The third-order valence-electron chi connectivity index (χ3n) is 7.02. The van der Waals surface area contributed by atoms with Crippen molar-refractivity contribution in [2.24, 2.45) is 5.41 Å². The van der Waals surface area contributed by atoms with Crippen molar-refractivity contribution in [1.82, 2.24) is 0 Å². The third kappa shape index (κ3) is 6.09. The highest BCUT2D eigenvalue weighted by Gasteiger charge is 2.29. The van der Waals surface area contributed by atoms with Crippen LogP contribution in [0.25, 0.3) is 6.08 Å². The maximum absolute atomic E-state index is 9.66. The second-order valence-corrected chi connectivity index (χ2v) is 11.0. The molecule has 0 saturated heterocycles. The minimum absolute atomic E-state index is 0.0987. The molecular formula is C38H32N4. The van der Waals surface area contributed by atoms with Crippen molar-refractivity contribution in [2.45, 2.75) is 20.8 Å². The molecule has 0 radical (unpaired) electrons. The molecule has 1 heterocycles. The summed E-state index contributed by atoms with van der Waals surface area (Å²) in [5.41, 5.74) is 7.64. The minimum atomic E-state index is -0.246. The SMILES string of the molecule is CC(C)(C)C1=CC(=C(C#N)C#N)C=C(/C=C/c2ccc(N(c3ccccc3)c3ccccc3)cc2)N1c1ccccc1. The Balaban J connectivity index is 1.54. The van der Waals surface area contributed by atoms with Crippen LogP contribution in [0.1, 0.15) is 26.3 Å². The highest BCUT2D eigenvalue weighted by molar-refractivity contribution is 5.77. The molecule has 0 bridgehead atoms. The lowest BCUT2D eigenvalue weighted by atomic mass is 9.86. The van der Waals surface area contributed by atoms with Gasteiger partial charge in [0.15, 0.2) is 0 Å². The van der Waals surface area contributed by atoms with E-state index in [1.807, 2.05) is 66.7 Å². The van der Waals surface area contributed by atoms with E-state index in [1.54, 1.807) is 0 Å². The molecule has 42 heavy (non-hydrogen) atoms. The number of allylic oxidation sites excluding steroid dienone is 6. The van der Waals surface area contributed by atoms with Crippen molar-refractivity contribution >= 4 is 28.8 Å². The zero-order valence-corrected chi connectivity index (χ0v) is 24.1. The molecule has 0 aromatic heterocycles. The molecule has 1 aliphatic heterocycles. The molecule has 4 heteroatoms. The molecule has 0 spiro atoms. The maximum atomic E-state index is 9.66. The van der Waals surface area contributed by atoms with Crippen molar-refractivity contribution < 1.29 is 0 Å². The van der Waals surface area contributed by atoms with Crippen LogP contribution in [-0.4, -0.2) is 0 Å². The Morgan fingerprint density at radius 3 is 1.64 bits per heavy atom. The molecule has 0 unspecified atom stereocenters. The summed E-state index contributed by atoms with van der Waals surface area (Å²) in [7, 11) is 0. The van der Waals surface area contributed by atoms with Gasteiger partial charge in [-0.1, -0.05) is 93.6 Å². The van der Waals surface area contributed by atoms with Crippen molar-refractivity contribution in [3.63, 3.8) is 0 Å². The monoisotopic (exact) mass is 544 g/mol. The van der Waals surface area contributed by atoms with Crippen molar-refractivity contribution in [3.05, 3.63) is 162 Å². The van der Waals surface area contributed by atoms with Crippen LogP contribution in [0.15, 0.2) is 156 Å². The molecule has 0 aliphatic carbocycles. The summed E-state index contributed by atoms with van der Waals surface area (Å²) in [6.07, 6.45) is 8.01. The van der Waals surface area contributed by atoms with E-state index in [0.717, 1.165) is 39.7 Å². The van der Waals surface area contributed by atoms with Crippen LogP contribution >= 0.6 is 0 Å². The number of para-hydroxylation sites is 3. The zero-order chi connectivity index (χ0) is 29.5. The number of rotatable bonds is 6. The second-order valence-electron chi connectivity index (χ2n) is 11.0. The molecule has 0 amide bonds. The first-order valence-electron chi connectivity index (χ1n) is 13.9. The van der Waals surface area contributed by atoms with E-state index in [2.05, 4.69) is 116 Å². The summed E-state index contributed by atoms with van der Waals surface area (Å²) in [4.78, 5) is 4.43. The van der Waals surface area contributed by atoms with Gasteiger partial charge in [-0.2, -0.15) is 10.5 Å². The number of nitrogens with zero attached hydrogens (tertiary/aromatic N) is 4. The molecule has 4 aromatic rings. The number of nitriles is 2. The van der Waals surface area contributed by atoms with Crippen LogP contribution in [0.3, 0.4) is 0 Å². The largest absolute Gasteiger partial charge is 0.314 e. The van der Waals surface area contributed by atoms with Gasteiger partial charge in [0.2, 0.25) is 0 Å². The third-order valence-corrected chi connectivity index (χ3v) is 7.02. The topological polar surface area (TPSA) is 54.1 Å². The van der Waals surface area contributed by atoms with E-state index in [9.17, 15) is 10.5 Å². The van der Waals surface area contributed by atoms with Gasteiger partial charge in [-0.3, -0.25) is 0 Å². The van der Waals surface area contributed by atoms with Crippen LogP contribution in [0.4, 0.5) is 22.7 Å². The Morgan fingerprint density at radius 2 is 1.14 bits per heavy atom. The zero-order valence-electron chi connectivity index (χ0n) is 24.1. The average Bonchev–Trinajstić information content (AvgIpc) is 3.02. The Labute approximate surface area is 248 Å². The molecule has 0 N–H and O–H groups in total. The molecular weight excluding hydrogens is 512 g/mol. The molecule has 5 rings (SSSR count). The number of anilines is 4. The van der Waals surface area contributed by atoms with Gasteiger partial charge in [0.05, 0.1) is 0 Å². The van der Waals surface area contributed by atoms with E-state index >= 15 is 0 Å². The number of hydrogen-bond donors (Lipinski definition) is 0. The van der Waals surface area contributed by atoms with Gasteiger partial charge in [0, 0.05) is 45.1 Å². The van der Waals surface area contributed by atoms with Crippen LogP contribution in [0.5, 0.6) is 0 Å². The van der Waals surface area contributed by atoms with Crippen molar-refractivity contribution in [3.8, 4) is 12.1 Å². The first-order valence-corrected chi connectivity index (χ1v) is 13.9. The summed E-state index contributed by atoms with van der Waals surface area (Å²) < 4.78 is 0.